The van der Waals surface area contributed by atoms with Crippen LogP contribution in [0.4, 0.5) is 4.39 Å². The van der Waals surface area contributed by atoms with Crippen LogP contribution in [0, 0.1) is 11.7 Å². The molecule has 1 fully saturated rings. The first-order valence-corrected chi connectivity index (χ1v) is 6.85. The summed E-state index contributed by atoms with van der Waals surface area (Å²) in [6, 6.07) is 5.01. The average Bonchev–Trinajstić information content (AvgIpc) is 2.28. The van der Waals surface area contributed by atoms with E-state index >= 15 is 0 Å². The maximum Gasteiger partial charge on any atom is 0.125 e. The molecule has 1 aromatic rings. The number of nitrogens with two attached hydrogens (primary N) is 1. The van der Waals surface area contributed by atoms with E-state index in [-0.39, 0.29) is 11.9 Å². The van der Waals surface area contributed by atoms with E-state index in [9.17, 15) is 4.39 Å². The molecular formula is C14H20ClFN2. The molecule has 18 heavy (non-hydrogen) atoms. The van der Waals surface area contributed by atoms with E-state index in [0.717, 1.165) is 38.0 Å². The predicted octanol–water partition coefficient (Wildman–Crippen LogP) is 3.04. The summed E-state index contributed by atoms with van der Waals surface area (Å²) in [5.41, 5.74) is 6.86. The molecule has 1 unspecified atom stereocenters. The predicted molar refractivity (Wildman–Crippen MR) is 73.1 cm³/mol. The van der Waals surface area contributed by atoms with Crippen molar-refractivity contribution < 1.29 is 4.39 Å². The van der Waals surface area contributed by atoms with Gasteiger partial charge < -0.3 is 5.73 Å². The Morgan fingerprint density at radius 3 is 2.61 bits per heavy atom. The van der Waals surface area contributed by atoms with E-state index in [1.807, 2.05) is 6.07 Å². The molecule has 0 amide bonds. The SMILES string of the molecule is CC(N)C1CCN(Cc2cc(F)cc(Cl)c2)CC1. The molecular weight excluding hydrogens is 251 g/mol. The van der Waals surface area contributed by atoms with E-state index in [1.165, 1.54) is 6.07 Å². The van der Waals surface area contributed by atoms with Crippen molar-refractivity contribution in [2.75, 3.05) is 13.1 Å². The molecule has 1 atom stereocenters. The van der Waals surface area contributed by atoms with Gasteiger partial charge in [-0.25, -0.2) is 4.39 Å². The molecule has 1 aromatic carbocycles. The first-order valence-electron chi connectivity index (χ1n) is 6.47. The summed E-state index contributed by atoms with van der Waals surface area (Å²) in [6.07, 6.45) is 2.25. The largest absolute Gasteiger partial charge is 0.328 e. The summed E-state index contributed by atoms with van der Waals surface area (Å²) in [7, 11) is 0. The van der Waals surface area contributed by atoms with Crippen LogP contribution in [0.5, 0.6) is 0 Å². The Labute approximate surface area is 113 Å². The van der Waals surface area contributed by atoms with Crippen molar-refractivity contribution in [3.05, 3.63) is 34.6 Å². The topological polar surface area (TPSA) is 29.3 Å². The molecule has 1 heterocycles. The maximum absolute atomic E-state index is 13.2. The zero-order chi connectivity index (χ0) is 13.1. The Balaban J connectivity index is 1.91. The fourth-order valence-corrected chi connectivity index (χ4v) is 2.84. The lowest BCUT2D eigenvalue weighted by Crippen LogP contribution is -2.39. The second kappa shape index (κ2) is 6.00. The van der Waals surface area contributed by atoms with Crippen molar-refractivity contribution in [1.82, 2.24) is 4.90 Å². The number of hydrogen-bond donors (Lipinski definition) is 1. The minimum Gasteiger partial charge on any atom is -0.328 e. The van der Waals surface area contributed by atoms with Crippen LogP contribution >= 0.6 is 11.6 Å². The normalized spacial score (nSPS) is 20.0. The van der Waals surface area contributed by atoms with Crippen LogP contribution in [0.3, 0.4) is 0 Å². The minimum atomic E-state index is -0.261. The van der Waals surface area contributed by atoms with Crippen molar-refractivity contribution >= 4 is 11.6 Å². The number of likely N-dealkylation sites (tertiary alicyclic amines) is 1. The van der Waals surface area contributed by atoms with E-state index < -0.39 is 0 Å². The summed E-state index contributed by atoms with van der Waals surface area (Å²) in [4.78, 5) is 2.34. The quantitative estimate of drug-likeness (QED) is 0.915. The lowest BCUT2D eigenvalue weighted by molar-refractivity contribution is 0.165. The number of halogens is 2. The minimum absolute atomic E-state index is 0.261. The monoisotopic (exact) mass is 270 g/mol. The van der Waals surface area contributed by atoms with Crippen molar-refractivity contribution in [3.63, 3.8) is 0 Å². The average molecular weight is 271 g/mol. The fourth-order valence-electron chi connectivity index (χ4n) is 2.60. The van der Waals surface area contributed by atoms with E-state index in [2.05, 4.69) is 11.8 Å². The second-order valence-corrected chi connectivity index (χ2v) is 5.69. The Morgan fingerprint density at radius 1 is 1.39 bits per heavy atom. The third-order valence-corrected chi connectivity index (χ3v) is 3.92. The number of rotatable bonds is 3. The zero-order valence-electron chi connectivity index (χ0n) is 10.7. The van der Waals surface area contributed by atoms with Gasteiger partial charge in [-0.1, -0.05) is 11.6 Å². The summed E-state index contributed by atoms with van der Waals surface area (Å²) < 4.78 is 13.2. The number of piperidine rings is 1. The first-order chi connectivity index (χ1) is 8.54. The summed E-state index contributed by atoms with van der Waals surface area (Å²) in [5, 5.41) is 0.468. The van der Waals surface area contributed by atoms with Crippen molar-refractivity contribution in [2.45, 2.75) is 32.4 Å². The van der Waals surface area contributed by atoms with Crippen LogP contribution < -0.4 is 5.73 Å². The molecule has 2 nitrogen and oxygen atoms in total. The zero-order valence-corrected chi connectivity index (χ0v) is 11.5. The molecule has 0 aliphatic carbocycles. The Morgan fingerprint density at radius 2 is 2.06 bits per heavy atom. The summed E-state index contributed by atoms with van der Waals surface area (Å²) in [6.45, 7) is 4.90. The van der Waals surface area contributed by atoms with Crippen molar-refractivity contribution in [2.24, 2.45) is 11.7 Å². The highest BCUT2D eigenvalue weighted by atomic mass is 35.5. The van der Waals surface area contributed by atoms with Gasteiger partial charge in [-0.3, -0.25) is 4.90 Å². The van der Waals surface area contributed by atoms with Crippen LogP contribution in [-0.4, -0.2) is 24.0 Å². The van der Waals surface area contributed by atoms with Crippen LogP contribution in [0.2, 0.25) is 5.02 Å². The summed E-state index contributed by atoms with van der Waals surface area (Å²) >= 11 is 5.86. The van der Waals surface area contributed by atoms with E-state index in [0.29, 0.717) is 10.9 Å². The van der Waals surface area contributed by atoms with E-state index in [4.69, 9.17) is 17.3 Å². The van der Waals surface area contributed by atoms with Gasteiger partial charge in [0.2, 0.25) is 0 Å². The van der Waals surface area contributed by atoms with Crippen LogP contribution in [0.25, 0.3) is 0 Å². The molecule has 0 aromatic heterocycles. The van der Waals surface area contributed by atoms with Crippen molar-refractivity contribution in [1.29, 1.82) is 0 Å². The maximum atomic E-state index is 13.2. The standard InChI is InChI=1S/C14H20ClFN2/c1-10(17)12-2-4-18(5-3-12)9-11-6-13(15)8-14(16)7-11/h6-8,10,12H,2-5,9,17H2,1H3. The fraction of sp³-hybridized carbons (Fsp3) is 0.571. The van der Waals surface area contributed by atoms with E-state index in [1.54, 1.807) is 6.07 Å². The smallest absolute Gasteiger partial charge is 0.125 e. The van der Waals surface area contributed by atoms with Crippen LogP contribution in [-0.2, 0) is 6.54 Å². The molecule has 0 radical (unpaired) electrons. The Hall–Kier alpha value is -0.640. The van der Waals surface area contributed by atoms with Crippen LogP contribution in [0.1, 0.15) is 25.3 Å². The molecule has 100 valence electrons. The third kappa shape index (κ3) is 3.67. The van der Waals surface area contributed by atoms with Gasteiger partial charge in [-0.15, -0.1) is 0 Å². The molecule has 4 heteroatoms. The molecule has 0 spiro atoms. The molecule has 2 rings (SSSR count). The first kappa shape index (κ1) is 13.8. The lowest BCUT2D eigenvalue weighted by Gasteiger charge is -2.33. The lowest BCUT2D eigenvalue weighted by atomic mass is 9.91. The Bertz CT molecular complexity index is 381. The van der Waals surface area contributed by atoms with Gasteiger partial charge in [0.1, 0.15) is 5.82 Å². The summed E-state index contributed by atoms with van der Waals surface area (Å²) in [5.74, 6) is 0.361. The van der Waals surface area contributed by atoms with Gasteiger partial charge in [0.25, 0.3) is 0 Å². The van der Waals surface area contributed by atoms with Crippen LogP contribution in [0.15, 0.2) is 18.2 Å². The van der Waals surface area contributed by atoms with Gasteiger partial charge >= 0.3 is 0 Å². The Kier molecular flexibility index (Phi) is 4.60. The molecule has 1 saturated heterocycles. The van der Waals surface area contributed by atoms with Gasteiger partial charge in [-0.05, 0) is 62.5 Å². The molecule has 1 aliphatic rings. The highest BCUT2D eigenvalue weighted by molar-refractivity contribution is 6.30. The van der Waals surface area contributed by atoms with Gasteiger partial charge in [-0.2, -0.15) is 0 Å². The van der Waals surface area contributed by atoms with Crippen molar-refractivity contribution in [3.8, 4) is 0 Å². The van der Waals surface area contributed by atoms with Gasteiger partial charge in [0.05, 0.1) is 0 Å². The third-order valence-electron chi connectivity index (χ3n) is 3.70. The highest BCUT2D eigenvalue weighted by Crippen LogP contribution is 2.22. The molecule has 0 bridgehead atoms. The number of nitrogens with zero attached hydrogens (tertiary/aromatic N) is 1. The highest BCUT2D eigenvalue weighted by Gasteiger charge is 2.21. The van der Waals surface area contributed by atoms with Gasteiger partial charge in [0, 0.05) is 17.6 Å². The number of hydrogen-bond acceptors (Lipinski definition) is 2. The second-order valence-electron chi connectivity index (χ2n) is 5.25. The van der Waals surface area contributed by atoms with Gasteiger partial charge in [0.15, 0.2) is 0 Å². The number of benzene rings is 1. The molecule has 1 aliphatic heterocycles. The molecule has 0 saturated carbocycles. The molecule has 2 N–H and O–H groups in total.